The van der Waals surface area contributed by atoms with E-state index in [9.17, 15) is 9.59 Å². The Morgan fingerprint density at radius 2 is 1.78 bits per heavy atom. The molecule has 1 saturated heterocycles. The maximum Gasteiger partial charge on any atom is 0.267 e. The van der Waals surface area contributed by atoms with Crippen LogP contribution in [-0.4, -0.2) is 41.1 Å². The number of nitrogens with two attached hydrogens (primary N) is 1. The zero-order valence-electron chi connectivity index (χ0n) is 18.5. The summed E-state index contributed by atoms with van der Waals surface area (Å²) in [6, 6.07) is 17.5. The molecule has 0 radical (unpaired) electrons. The van der Waals surface area contributed by atoms with E-state index in [4.69, 9.17) is 5.73 Å². The third-order valence-electron chi connectivity index (χ3n) is 6.39. The van der Waals surface area contributed by atoms with Gasteiger partial charge in [-0.25, -0.2) is 0 Å². The van der Waals surface area contributed by atoms with Crippen molar-refractivity contribution in [1.29, 1.82) is 0 Å². The molecule has 1 fully saturated rings. The van der Waals surface area contributed by atoms with Crippen LogP contribution in [0.3, 0.4) is 0 Å². The minimum Gasteiger partial charge on any atom is -0.368 e. The Morgan fingerprint density at radius 3 is 2.50 bits per heavy atom. The number of anilines is 1. The first-order valence-corrected chi connectivity index (χ1v) is 11.3. The maximum atomic E-state index is 12.9. The summed E-state index contributed by atoms with van der Waals surface area (Å²) < 4.78 is 0. The van der Waals surface area contributed by atoms with Crippen molar-refractivity contribution in [3.8, 4) is 0 Å². The van der Waals surface area contributed by atoms with Gasteiger partial charge in [0.25, 0.3) is 5.91 Å². The first-order valence-electron chi connectivity index (χ1n) is 11.3. The third-order valence-corrected chi connectivity index (χ3v) is 6.39. The van der Waals surface area contributed by atoms with E-state index in [-0.39, 0.29) is 12.3 Å². The summed E-state index contributed by atoms with van der Waals surface area (Å²) in [5.74, 6) is -0.766. The van der Waals surface area contributed by atoms with Gasteiger partial charge in [-0.05, 0) is 49.6 Å². The number of hydrogen-bond acceptors (Lipinski definition) is 5. The van der Waals surface area contributed by atoms with Crippen LogP contribution in [0.1, 0.15) is 43.7 Å². The molecule has 0 aliphatic carbocycles. The fourth-order valence-electron chi connectivity index (χ4n) is 4.46. The van der Waals surface area contributed by atoms with Gasteiger partial charge in [-0.3, -0.25) is 19.5 Å². The predicted octanol–water partition coefficient (Wildman–Crippen LogP) is 2.80. The van der Waals surface area contributed by atoms with Gasteiger partial charge < -0.3 is 11.1 Å². The molecule has 2 unspecified atom stereocenters. The Morgan fingerprint density at radius 1 is 1.06 bits per heavy atom. The normalized spacial score (nSPS) is 21.3. The third kappa shape index (κ3) is 4.99. The van der Waals surface area contributed by atoms with Crippen LogP contribution in [0.25, 0.3) is 0 Å². The largest absolute Gasteiger partial charge is 0.368 e. The summed E-state index contributed by atoms with van der Waals surface area (Å²) in [5.41, 5.74) is 8.97. The first kappa shape index (κ1) is 22.0. The Kier molecular flexibility index (Phi) is 6.85. The Labute approximate surface area is 189 Å². The number of amides is 2. The number of carbonyl (C=O) groups excluding carboxylic acids is 2. The number of piperidine rings is 1. The van der Waals surface area contributed by atoms with Crippen molar-refractivity contribution in [3.05, 3.63) is 65.7 Å². The monoisotopic (exact) mass is 433 g/mol. The molecule has 2 aromatic rings. The summed E-state index contributed by atoms with van der Waals surface area (Å²) in [4.78, 5) is 27.4. The van der Waals surface area contributed by atoms with E-state index in [2.05, 4.69) is 34.4 Å². The average molecular weight is 434 g/mol. The maximum absolute atomic E-state index is 12.9. The topological polar surface area (TPSA) is 91.0 Å². The number of para-hydroxylation sites is 1. The lowest BCUT2D eigenvalue weighted by molar-refractivity contribution is -0.119. The second-order valence-electron chi connectivity index (χ2n) is 8.62. The van der Waals surface area contributed by atoms with Gasteiger partial charge in [0.15, 0.2) is 0 Å². The van der Waals surface area contributed by atoms with Crippen LogP contribution in [0.5, 0.6) is 0 Å². The molecule has 0 bridgehead atoms. The van der Waals surface area contributed by atoms with Gasteiger partial charge in [-0.1, -0.05) is 48.9 Å². The van der Waals surface area contributed by atoms with E-state index < -0.39 is 11.9 Å². The number of rotatable bonds is 7. The first-order chi connectivity index (χ1) is 15.5. The predicted molar refractivity (Wildman–Crippen MR) is 126 cm³/mol. The van der Waals surface area contributed by atoms with Gasteiger partial charge in [0, 0.05) is 25.6 Å². The minimum atomic E-state index is -0.661. The molecule has 2 atom stereocenters. The van der Waals surface area contributed by atoms with E-state index >= 15 is 0 Å². The van der Waals surface area contributed by atoms with Crippen molar-refractivity contribution in [2.75, 3.05) is 11.6 Å². The highest BCUT2D eigenvalue weighted by Gasteiger charge is 2.34. The minimum absolute atomic E-state index is 0.197. The quantitative estimate of drug-likeness (QED) is 0.703. The van der Waals surface area contributed by atoms with E-state index in [1.165, 1.54) is 24.8 Å². The van der Waals surface area contributed by atoms with Crippen molar-refractivity contribution in [3.63, 3.8) is 0 Å². The zero-order valence-corrected chi connectivity index (χ0v) is 18.5. The van der Waals surface area contributed by atoms with Crippen molar-refractivity contribution >= 4 is 23.2 Å². The highest BCUT2D eigenvalue weighted by molar-refractivity contribution is 6.40. The van der Waals surface area contributed by atoms with Crippen molar-refractivity contribution in [2.24, 2.45) is 10.8 Å². The molecule has 32 heavy (non-hydrogen) atoms. The highest BCUT2D eigenvalue weighted by atomic mass is 16.2. The number of likely N-dealkylation sites (tertiary alicyclic amines) is 1. The van der Waals surface area contributed by atoms with Crippen molar-refractivity contribution in [2.45, 2.75) is 57.8 Å². The highest BCUT2D eigenvalue weighted by Crippen LogP contribution is 2.25. The van der Waals surface area contributed by atoms with Gasteiger partial charge in [0.05, 0.1) is 5.69 Å². The molecule has 2 aliphatic rings. The van der Waals surface area contributed by atoms with Crippen molar-refractivity contribution < 1.29 is 9.59 Å². The number of hydrogen-bond donors (Lipinski definition) is 2. The average Bonchev–Trinajstić information content (AvgIpc) is 3.26. The molecule has 7 heteroatoms. The van der Waals surface area contributed by atoms with Crippen LogP contribution in [0, 0.1) is 0 Å². The number of benzene rings is 2. The van der Waals surface area contributed by atoms with Crippen LogP contribution < -0.4 is 16.1 Å². The molecule has 7 nitrogen and oxygen atoms in total. The standard InChI is InChI=1S/C25H31N5O2/c1-18-9-7-8-14-29(18)17-20-11-6-5-10-19(20)16-27-25(32)22-15-23(24(26)31)30(28-22)21-12-3-2-4-13-21/h2-6,10-13,18,23H,7-9,14-17H2,1H3,(H2,26,31)(H,27,32). The summed E-state index contributed by atoms with van der Waals surface area (Å²) in [5, 5.41) is 8.97. The number of nitrogens with one attached hydrogen (secondary N) is 1. The molecule has 2 aromatic carbocycles. The van der Waals surface area contributed by atoms with Gasteiger partial charge in [0.2, 0.25) is 5.91 Å². The molecule has 0 saturated carbocycles. The lowest BCUT2D eigenvalue weighted by Crippen LogP contribution is -2.40. The summed E-state index contributed by atoms with van der Waals surface area (Å²) >= 11 is 0. The molecule has 168 valence electrons. The molecule has 0 aromatic heterocycles. The fourth-order valence-corrected chi connectivity index (χ4v) is 4.46. The number of primary amides is 1. The van der Waals surface area contributed by atoms with Crippen LogP contribution in [0.4, 0.5) is 5.69 Å². The van der Waals surface area contributed by atoms with Crippen LogP contribution >= 0.6 is 0 Å². The smallest absolute Gasteiger partial charge is 0.267 e. The van der Waals surface area contributed by atoms with E-state index in [1.807, 2.05) is 42.5 Å². The lowest BCUT2D eigenvalue weighted by atomic mass is 10.0. The second kappa shape index (κ2) is 9.96. The molecule has 0 spiro atoms. The van der Waals surface area contributed by atoms with Crippen LogP contribution in [0.2, 0.25) is 0 Å². The van der Waals surface area contributed by atoms with Gasteiger partial charge in [0.1, 0.15) is 11.8 Å². The van der Waals surface area contributed by atoms with Crippen molar-refractivity contribution in [1.82, 2.24) is 10.2 Å². The second-order valence-corrected chi connectivity index (χ2v) is 8.62. The SMILES string of the molecule is CC1CCCCN1Cc1ccccc1CNC(=O)C1=NN(c2ccccc2)C(C(N)=O)C1. The van der Waals surface area contributed by atoms with E-state index in [1.54, 1.807) is 5.01 Å². The molecule has 2 aliphatic heterocycles. The summed E-state index contributed by atoms with van der Waals surface area (Å²) in [6.45, 7) is 4.71. The van der Waals surface area contributed by atoms with Gasteiger partial charge >= 0.3 is 0 Å². The summed E-state index contributed by atoms with van der Waals surface area (Å²) in [6.07, 6.45) is 3.96. The molecule has 2 amide bonds. The van der Waals surface area contributed by atoms with Crippen LogP contribution in [0.15, 0.2) is 59.7 Å². The van der Waals surface area contributed by atoms with E-state index in [0.717, 1.165) is 24.3 Å². The van der Waals surface area contributed by atoms with Gasteiger partial charge in [-0.2, -0.15) is 5.10 Å². The molecular formula is C25H31N5O2. The Balaban J connectivity index is 1.43. The zero-order chi connectivity index (χ0) is 22.5. The Hall–Kier alpha value is -3.19. The lowest BCUT2D eigenvalue weighted by Gasteiger charge is -2.33. The molecule has 3 N–H and O–H groups in total. The molecule has 2 heterocycles. The molecular weight excluding hydrogens is 402 g/mol. The van der Waals surface area contributed by atoms with E-state index in [0.29, 0.717) is 18.3 Å². The number of nitrogens with zero attached hydrogens (tertiary/aromatic N) is 3. The molecule has 4 rings (SSSR count). The fraction of sp³-hybridized carbons (Fsp3) is 0.400. The summed E-state index contributed by atoms with van der Waals surface area (Å²) in [7, 11) is 0. The number of carbonyl (C=O) groups is 2. The number of hydrazone groups is 1. The van der Waals surface area contributed by atoms with Gasteiger partial charge in [-0.15, -0.1) is 0 Å². The Bertz CT molecular complexity index is 991. The van der Waals surface area contributed by atoms with Crippen LogP contribution in [-0.2, 0) is 22.7 Å².